The molecule has 0 saturated carbocycles. The van der Waals surface area contributed by atoms with Gasteiger partial charge in [0.15, 0.2) is 0 Å². The van der Waals surface area contributed by atoms with Crippen molar-refractivity contribution in [3.63, 3.8) is 0 Å². The Hall–Kier alpha value is -2.04. The first kappa shape index (κ1) is 19.3. The summed E-state index contributed by atoms with van der Waals surface area (Å²) in [6.07, 6.45) is 0. The van der Waals surface area contributed by atoms with E-state index in [-0.39, 0.29) is 11.9 Å². The highest BCUT2D eigenvalue weighted by atomic mass is 35.5. The Kier molecular flexibility index (Phi) is 7.29. The number of hydrogen-bond acceptors (Lipinski definition) is 3. The number of rotatable bonds is 8. The Balaban J connectivity index is 1.74. The summed E-state index contributed by atoms with van der Waals surface area (Å²) < 4.78 is 5.67. The van der Waals surface area contributed by atoms with Gasteiger partial charge in [-0.1, -0.05) is 53.6 Å². The van der Waals surface area contributed by atoms with Gasteiger partial charge in [0.2, 0.25) is 5.91 Å². The van der Waals surface area contributed by atoms with Gasteiger partial charge in [0, 0.05) is 13.1 Å². The molecule has 0 heterocycles. The van der Waals surface area contributed by atoms with E-state index in [9.17, 15) is 4.79 Å². The summed E-state index contributed by atoms with van der Waals surface area (Å²) in [7, 11) is 1.91. The van der Waals surface area contributed by atoms with Gasteiger partial charge in [-0.15, -0.1) is 0 Å². The van der Waals surface area contributed by atoms with Crippen LogP contribution in [0, 0.1) is 6.92 Å². The van der Waals surface area contributed by atoms with Crippen LogP contribution in [-0.2, 0) is 11.3 Å². The Bertz CT molecular complexity index is 688. The van der Waals surface area contributed by atoms with Crippen LogP contribution in [0.3, 0.4) is 0 Å². The van der Waals surface area contributed by atoms with E-state index in [4.69, 9.17) is 16.3 Å². The molecule has 4 nitrogen and oxygen atoms in total. The maximum Gasteiger partial charge on any atom is 0.237 e. The Morgan fingerprint density at radius 1 is 1.20 bits per heavy atom. The number of para-hydroxylation sites is 1. The number of halogens is 1. The molecule has 2 rings (SSSR count). The molecule has 2 aromatic carbocycles. The van der Waals surface area contributed by atoms with Crippen molar-refractivity contribution in [2.24, 2.45) is 0 Å². The van der Waals surface area contributed by atoms with Crippen molar-refractivity contribution in [2.45, 2.75) is 26.4 Å². The number of aryl methyl sites for hydroxylation is 1. The van der Waals surface area contributed by atoms with E-state index >= 15 is 0 Å². The number of amides is 1. The second kappa shape index (κ2) is 9.44. The lowest BCUT2D eigenvalue weighted by molar-refractivity contribution is -0.125. The summed E-state index contributed by atoms with van der Waals surface area (Å²) >= 11 is 6.06. The first-order chi connectivity index (χ1) is 12.0. The summed E-state index contributed by atoms with van der Waals surface area (Å²) in [6, 6.07) is 15.3. The molecule has 0 saturated heterocycles. The summed E-state index contributed by atoms with van der Waals surface area (Å²) in [5, 5.41) is 3.57. The molecule has 0 bridgehead atoms. The summed E-state index contributed by atoms with van der Waals surface area (Å²) in [6.45, 7) is 5.57. The van der Waals surface area contributed by atoms with Gasteiger partial charge in [-0.3, -0.25) is 9.69 Å². The lowest BCUT2D eigenvalue weighted by Gasteiger charge is -2.24. The van der Waals surface area contributed by atoms with Crippen LogP contribution in [0.5, 0.6) is 5.75 Å². The standard InChI is InChI=1S/C20H25ClN2O2/c1-15-8-10-17(11-9-15)14-22-20(24)16(2)23(3)12-13-25-19-7-5-4-6-18(19)21/h4-11,16H,12-14H2,1-3H3,(H,22,24). The molecule has 1 atom stereocenters. The van der Waals surface area contributed by atoms with E-state index in [0.717, 1.165) is 5.56 Å². The molecule has 1 amide bonds. The van der Waals surface area contributed by atoms with Crippen molar-refractivity contribution in [2.75, 3.05) is 20.2 Å². The predicted octanol–water partition coefficient (Wildman–Crippen LogP) is 3.66. The number of carbonyl (C=O) groups excluding carboxylic acids is 1. The molecule has 2 aromatic rings. The highest BCUT2D eigenvalue weighted by Crippen LogP contribution is 2.22. The van der Waals surface area contributed by atoms with E-state index in [1.54, 1.807) is 6.07 Å². The fourth-order valence-corrected chi connectivity index (χ4v) is 2.49. The van der Waals surface area contributed by atoms with E-state index in [1.807, 2.05) is 68.3 Å². The van der Waals surface area contributed by atoms with Gasteiger partial charge in [0.05, 0.1) is 11.1 Å². The second-order valence-electron chi connectivity index (χ2n) is 6.14. The van der Waals surface area contributed by atoms with Gasteiger partial charge in [0.1, 0.15) is 12.4 Å². The predicted molar refractivity (Wildman–Crippen MR) is 102 cm³/mol. The largest absolute Gasteiger partial charge is 0.491 e. The highest BCUT2D eigenvalue weighted by Gasteiger charge is 2.17. The zero-order chi connectivity index (χ0) is 18.2. The molecule has 1 unspecified atom stereocenters. The molecule has 0 radical (unpaired) electrons. The van der Waals surface area contributed by atoms with Crippen molar-refractivity contribution in [1.82, 2.24) is 10.2 Å². The molecular weight excluding hydrogens is 336 g/mol. The lowest BCUT2D eigenvalue weighted by Crippen LogP contribution is -2.44. The number of likely N-dealkylation sites (N-methyl/N-ethyl adjacent to an activating group) is 1. The van der Waals surface area contributed by atoms with Crippen LogP contribution >= 0.6 is 11.6 Å². The van der Waals surface area contributed by atoms with Crippen molar-refractivity contribution in [1.29, 1.82) is 0 Å². The topological polar surface area (TPSA) is 41.6 Å². The molecule has 0 fully saturated rings. The third-order valence-electron chi connectivity index (χ3n) is 4.17. The molecule has 0 aliphatic rings. The van der Waals surface area contributed by atoms with E-state index < -0.39 is 0 Å². The smallest absolute Gasteiger partial charge is 0.237 e. The molecule has 0 spiro atoms. The van der Waals surface area contributed by atoms with Crippen LogP contribution < -0.4 is 10.1 Å². The average molecular weight is 361 g/mol. The van der Waals surface area contributed by atoms with Crippen molar-refractivity contribution in [3.8, 4) is 5.75 Å². The average Bonchev–Trinajstić information content (AvgIpc) is 2.61. The Morgan fingerprint density at radius 3 is 2.56 bits per heavy atom. The minimum absolute atomic E-state index is 0.000758. The highest BCUT2D eigenvalue weighted by molar-refractivity contribution is 6.32. The van der Waals surface area contributed by atoms with Crippen LogP contribution in [0.15, 0.2) is 48.5 Å². The summed E-state index contributed by atoms with van der Waals surface area (Å²) in [5.41, 5.74) is 2.30. The molecule has 0 aliphatic heterocycles. The van der Waals surface area contributed by atoms with Crippen molar-refractivity contribution in [3.05, 3.63) is 64.7 Å². The number of ether oxygens (including phenoxy) is 1. The van der Waals surface area contributed by atoms with E-state index in [1.165, 1.54) is 5.56 Å². The van der Waals surface area contributed by atoms with Gasteiger partial charge in [-0.2, -0.15) is 0 Å². The van der Waals surface area contributed by atoms with Gasteiger partial charge >= 0.3 is 0 Å². The van der Waals surface area contributed by atoms with Crippen LogP contribution in [-0.4, -0.2) is 37.0 Å². The number of carbonyl (C=O) groups is 1. The van der Waals surface area contributed by atoms with Gasteiger partial charge < -0.3 is 10.1 Å². The molecule has 0 aromatic heterocycles. The molecule has 0 aliphatic carbocycles. The monoisotopic (exact) mass is 360 g/mol. The zero-order valence-electron chi connectivity index (χ0n) is 15.0. The first-order valence-electron chi connectivity index (χ1n) is 8.38. The van der Waals surface area contributed by atoms with Crippen LogP contribution in [0.2, 0.25) is 5.02 Å². The third-order valence-corrected chi connectivity index (χ3v) is 4.48. The lowest BCUT2D eigenvalue weighted by atomic mass is 10.1. The normalized spacial score (nSPS) is 12.0. The number of benzene rings is 2. The second-order valence-corrected chi connectivity index (χ2v) is 6.55. The van der Waals surface area contributed by atoms with E-state index in [2.05, 4.69) is 5.32 Å². The molecule has 5 heteroatoms. The molecular formula is C20H25ClN2O2. The summed E-state index contributed by atoms with van der Waals surface area (Å²) in [4.78, 5) is 14.3. The molecule has 134 valence electrons. The SMILES string of the molecule is Cc1ccc(CNC(=O)C(C)N(C)CCOc2ccccc2Cl)cc1. The van der Waals surface area contributed by atoms with Crippen LogP contribution in [0.4, 0.5) is 0 Å². The van der Waals surface area contributed by atoms with Crippen LogP contribution in [0.1, 0.15) is 18.1 Å². The Morgan fingerprint density at radius 2 is 1.88 bits per heavy atom. The van der Waals surface area contributed by atoms with Crippen molar-refractivity contribution >= 4 is 17.5 Å². The minimum Gasteiger partial charge on any atom is -0.491 e. The third kappa shape index (κ3) is 6.07. The molecule has 25 heavy (non-hydrogen) atoms. The van der Waals surface area contributed by atoms with Crippen molar-refractivity contribution < 1.29 is 9.53 Å². The van der Waals surface area contributed by atoms with Gasteiger partial charge in [-0.25, -0.2) is 0 Å². The maximum absolute atomic E-state index is 12.3. The quantitative estimate of drug-likeness (QED) is 0.781. The summed E-state index contributed by atoms with van der Waals surface area (Å²) in [5.74, 6) is 0.662. The number of hydrogen-bond donors (Lipinski definition) is 1. The Labute approximate surface area is 154 Å². The molecule has 1 N–H and O–H groups in total. The fourth-order valence-electron chi connectivity index (χ4n) is 2.30. The minimum atomic E-state index is -0.236. The maximum atomic E-state index is 12.3. The number of nitrogens with zero attached hydrogens (tertiary/aromatic N) is 1. The number of nitrogens with one attached hydrogen (secondary N) is 1. The zero-order valence-corrected chi connectivity index (χ0v) is 15.7. The van der Waals surface area contributed by atoms with E-state index in [0.29, 0.717) is 30.5 Å². The fraction of sp³-hybridized carbons (Fsp3) is 0.350. The first-order valence-corrected chi connectivity index (χ1v) is 8.76. The van der Waals surface area contributed by atoms with Crippen LogP contribution in [0.25, 0.3) is 0 Å². The van der Waals surface area contributed by atoms with Gasteiger partial charge in [-0.05, 0) is 38.6 Å². The van der Waals surface area contributed by atoms with Gasteiger partial charge in [0.25, 0.3) is 0 Å².